The summed E-state index contributed by atoms with van der Waals surface area (Å²) < 4.78 is 27.6. The molecule has 0 aliphatic rings. The number of halogens is 4. The lowest BCUT2D eigenvalue weighted by Gasteiger charge is -2.05. The third-order valence-electron chi connectivity index (χ3n) is 2.32. The summed E-state index contributed by atoms with van der Waals surface area (Å²) in [6.07, 6.45) is 0. The summed E-state index contributed by atoms with van der Waals surface area (Å²) in [6.45, 7) is 0. The van der Waals surface area contributed by atoms with Gasteiger partial charge in [0.2, 0.25) is 0 Å². The van der Waals surface area contributed by atoms with Crippen LogP contribution in [0.15, 0.2) is 45.3 Å². The van der Waals surface area contributed by atoms with Crippen LogP contribution >= 0.6 is 31.9 Å². The lowest BCUT2D eigenvalue weighted by Crippen LogP contribution is -2.05. The molecule has 0 N–H and O–H groups in total. The topological polar surface area (TPSA) is 17.1 Å². The first-order valence-corrected chi connectivity index (χ1v) is 6.52. The zero-order valence-electron chi connectivity index (χ0n) is 8.88. The van der Waals surface area contributed by atoms with Crippen LogP contribution in [0.2, 0.25) is 0 Å². The molecule has 2 aromatic carbocycles. The molecule has 0 heterocycles. The average Bonchev–Trinajstić information content (AvgIpc) is 2.30. The highest BCUT2D eigenvalue weighted by molar-refractivity contribution is 9.10. The van der Waals surface area contributed by atoms with E-state index >= 15 is 0 Å². The predicted octanol–water partition coefficient (Wildman–Crippen LogP) is 4.72. The third-order valence-corrected chi connectivity index (χ3v) is 3.39. The molecule has 0 radical (unpaired) electrons. The molecule has 0 aromatic heterocycles. The molecule has 0 saturated heterocycles. The van der Waals surface area contributed by atoms with E-state index < -0.39 is 17.4 Å². The number of carbonyl (C=O) groups is 1. The van der Waals surface area contributed by atoms with Gasteiger partial charge in [0.05, 0.1) is 10.0 Å². The summed E-state index contributed by atoms with van der Waals surface area (Å²) in [4.78, 5) is 12.1. The highest BCUT2D eigenvalue weighted by Crippen LogP contribution is 2.23. The predicted molar refractivity (Wildman–Crippen MR) is 71.6 cm³/mol. The van der Waals surface area contributed by atoms with Crippen LogP contribution in [0.25, 0.3) is 0 Å². The standard InChI is InChI=1S/C13H6Br2F2O/c14-8-4-7(5-9(16)6-8)13(18)10-2-1-3-11(15)12(10)17/h1-6H. The Morgan fingerprint density at radius 1 is 1.06 bits per heavy atom. The molecule has 1 nitrogen and oxygen atoms in total. The van der Waals surface area contributed by atoms with Gasteiger partial charge in [0.25, 0.3) is 0 Å². The van der Waals surface area contributed by atoms with Crippen molar-refractivity contribution in [3.05, 3.63) is 68.1 Å². The van der Waals surface area contributed by atoms with Crippen molar-refractivity contribution < 1.29 is 13.6 Å². The number of carbonyl (C=O) groups excluding carboxylic acids is 1. The second-order valence-electron chi connectivity index (χ2n) is 3.59. The normalized spacial score (nSPS) is 10.4. The van der Waals surface area contributed by atoms with E-state index in [4.69, 9.17) is 0 Å². The molecule has 2 rings (SSSR count). The first-order valence-electron chi connectivity index (χ1n) is 4.94. The van der Waals surface area contributed by atoms with Gasteiger partial charge in [-0.1, -0.05) is 22.0 Å². The number of ketones is 1. The Labute approximate surface area is 119 Å². The Kier molecular flexibility index (Phi) is 3.92. The number of hydrogen-bond acceptors (Lipinski definition) is 1. The molecule has 0 bridgehead atoms. The lowest BCUT2D eigenvalue weighted by atomic mass is 10.0. The largest absolute Gasteiger partial charge is 0.288 e. The van der Waals surface area contributed by atoms with Gasteiger partial charge < -0.3 is 0 Å². The van der Waals surface area contributed by atoms with E-state index in [-0.39, 0.29) is 15.6 Å². The SMILES string of the molecule is O=C(c1cc(F)cc(Br)c1)c1cccc(Br)c1F. The number of rotatable bonds is 2. The quantitative estimate of drug-likeness (QED) is 0.694. The maximum absolute atomic E-state index is 13.8. The van der Waals surface area contributed by atoms with Gasteiger partial charge in [-0.2, -0.15) is 0 Å². The van der Waals surface area contributed by atoms with Crippen molar-refractivity contribution >= 4 is 37.6 Å². The van der Waals surface area contributed by atoms with Gasteiger partial charge in [0.15, 0.2) is 5.78 Å². The van der Waals surface area contributed by atoms with Crippen LogP contribution in [0.5, 0.6) is 0 Å². The second-order valence-corrected chi connectivity index (χ2v) is 5.36. The molecule has 0 fully saturated rings. The first-order chi connectivity index (χ1) is 8.49. The van der Waals surface area contributed by atoms with Crippen molar-refractivity contribution in [1.82, 2.24) is 0 Å². The maximum Gasteiger partial charge on any atom is 0.196 e. The Morgan fingerprint density at radius 3 is 2.44 bits per heavy atom. The van der Waals surface area contributed by atoms with Crippen molar-refractivity contribution in [2.24, 2.45) is 0 Å². The average molecular weight is 376 g/mol. The van der Waals surface area contributed by atoms with E-state index in [0.29, 0.717) is 4.47 Å². The van der Waals surface area contributed by atoms with Gasteiger partial charge in [-0.15, -0.1) is 0 Å². The van der Waals surface area contributed by atoms with E-state index in [1.807, 2.05) is 0 Å². The Balaban J connectivity index is 2.51. The summed E-state index contributed by atoms with van der Waals surface area (Å²) in [7, 11) is 0. The van der Waals surface area contributed by atoms with E-state index in [2.05, 4.69) is 31.9 Å². The van der Waals surface area contributed by atoms with Crippen LogP contribution in [0.3, 0.4) is 0 Å². The maximum atomic E-state index is 13.8. The van der Waals surface area contributed by atoms with Crippen molar-refractivity contribution in [2.45, 2.75) is 0 Å². The fourth-order valence-corrected chi connectivity index (χ4v) is 2.35. The van der Waals surface area contributed by atoms with Crippen molar-refractivity contribution in [2.75, 3.05) is 0 Å². The van der Waals surface area contributed by atoms with Gasteiger partial charge in [0.1, 0.15) is 11.6 Å². The van der Waals surface area contributed by atoms with E-state index in [9.17, 15) is 13.6 Å². The number of hydrogen-bond donors (Lipinski definition) is 0. The molecule has 0 atom stereocenters. The molecule has 0 amide bonds. The van der Waals surface area contributed by atoms with Crippen LogP contribution in [-0.2, 0) is 0 Å². The van der Waals surface area contributed by atoms with Crippen LogP contribution < -0.4 is 0 Å². The lowest BCUT2D eigenvalue weighted by molar-refractivity contribution is 0.103. The summed E-state index contributed by atoms with van der Waals surface area (Å²) in [5.41, 5.74) is 0.000694. The van der Waals surface area contributed by atoms with E-state index in [0.717, 1.165) is 6.07 Å². The van der Waals surface area contributed by atoms with Crippen LogP contribution in [0.4, 0.5) is 8.78 Å². The zero-order valence-corrected chi connectivity index (χ0v) is 12.1. The van der Waals surface area contributed by atoms with Crippen LogP contribution in [-0.4, -0.2) is 5.78 Å². The number of benzene rings is 2. The molecular formula is C13H6Br2F2O. The molecule has 18 heavy (non-hydrogen) atoms. The molecular weight excluding hydrogens is 370 g/mol. The fourth-order valence-electron chi connectivity index (χ4n) is 1.52. The molecule has 0 saturated carbocycles. The van der Waals surface area contributed by atoms with E-state index in [1.54, 1.807) is 6.07 Å². The molecule has 0 aliphatic carbocycles. The molecule has 92 valence electrons. The van der Waals surface area contributed by atoms with Gasteiger partial charge in [0, 0.05) is 10.0 Å². The first kappa shape index (κ1) is 13.4. The summed E-state index contributed by atoms with van der Waals surface area (Å²) in [6, 6.07) is 8.16. The minimum Gasteiger partial charge on any atom is -0.288 e. The van der Waals surface area contributed by atoms with Gasteiger partial charge >= 0.3 is 0 Å². The van der Waals surface area contributed by atoms with Crippen molar-refractivity contribution in [1.29, 1.82) is 0 Å². The van der Waals surface area contributed by atoms with E-state index in [1.165, 1.54) is 24.3 Å². The minimum atomic E-state index is -0.650. The smallest absolute Gasteiger partial charge is 0.196 e. The molecule has 0 spiro atoms. The molecule has 2 aromatic rings. The minimum absolute atomic E-state index is 0.0955. The Bertz CT molecular complexity index is 606. The van der Waals surface area contributed by atoms with Crippen molar-refractivity contribution in [3.63, 3.8) is 0 Å². The Hall–Kier alpha value is -1.07. The Morgan fingerprint density at radius 2 is 1.78 bits per heavy atom. The molecule has 0 aliphatic heterocycles. The fraction of sp³-hybridized carbons (Fsp3) is 0. The van der Waals surface area contributed by atoms with Gasteiger partial charge in [-0.25, -0.2) is 8.78 Å². The second kappa shape index (κ2) is 5.28. The van der Waals surface area contributed by atoms with Gasteiger partial charge in [-0.3, -0.25) is 4.79 Å². The summed E-state index contributed by atoms with van der Waals surface area (Å²) >= 11 is 6.10. The summed E-state index contributed by atoms with van der Waals surface area (Å²) in [5.74, 6) is -1.76. The molecule has 0 unspecified atom stereocenters. The molecule has 5 heteroatoms. The third kappa shape index (κ3) is 2.67. The van der Waals surface area contributed by atoms with Gasteiger partial charge in [-0.05, 0) is 46.3 Å². The van der Waals surface area contributed by atoms with Crippen LogP contribution in [0, 0.1) is 11.6 Å². The van der Waals surface area contributed by atoms with Crippen LogP contribution in [0.1, 0.15) is 15.9 Å². The van der Waals surface area contributed by atoms with Crippen molar-refractivity contribution in [3.8, 4) is 0 Å². The summed E-state index contributed by atoms with van der Waals surface area (Å²) in [5, 5.41) is 0. The highest BCUT2D eigenvalue weighted by atomic mass is 79.9. The zero-order chi connectivity index (χ0) is 13.3. The monoisotopic (exact) mass is 374 g/mol. The highest BCUT2D eigenvalue weighted by Gasteiger charge is 2.16.